The fourth-order valence-corrected chi connectivity index (χ4v) is 3.33. The molecule has 1 spiro atoms. The zero-order valence-electron chi connectivity index (χ0n) is 11.9. The first-order valence-corrected chi connectivity index (χ1v) is 7.19. The van der Waals surface area contributed by atoms with E-state index in [0.717, 1.165) is 43.8 Å². The van der Waals surface area contributed by atoms with Gasteiger partial charge in [-0.15, -0.1) is 0 Å². The van der Waals surface area contributed by atoms with Gasteiger partial charge in [0.15, 0.2) is 0 Å². The maximum atomic E-state index is 6.49. The first-order valence-electron chi connectivity index (χ1n) is 7.19. The third kappa shape index (κ3) is 2.53. The van der Waals surface area contributed by atoms with E-state index < -0.39 is 0 Å². The molecule has 3 unspecified atom stereocenters. The Hall–Kier alpha value is -1.17. The molecule has 0 bridgehead atoms. The summed E-state index contributed by atoms with van der Waals surface area (Å²) in [5.41, 5.74) is 7.41. The lowest BCUT2D eigenvalue weighted by Crippen LogP contribution is -2.43. The van der Waals surface area contributed by atoms with E-state index in [1.54, 1.807) is 19.5 Å². The molecule has 2 aliphatic heterocycles. The smallest absolute Gasteiger partial charge is 0.141 e. The van der Waals surface area contributed by atoms with Crippen LogP contribution in [0.25, 0.3) is 0 Å². The van der Waals surface area contributed by atoms with E-state index in [9.17, 15) is 0 Å². The lowest BCUT2D eigenvalue weighted by Gasteiger charge is -2.39. The van der Waals surface area contributed by atoms with E-state index in [1.165, 1.54) is 0 Å². The molecule has 3 atom stereocenters. The number of hydrogen-bond donors (Lipinski definition) is 1. The van der Waals surface area contributed by atoms with Crippen molar-refractivity contribution in [2.24, 2.45) is 11.7 Å². The molecule has 2 fully saturated rings. The number of rotatable bonds is 3. The molecule has 2 N–H and O–H groups in total. The second kappa shape index (κ2) is 5.68. The van der Waals surface area contributed by atoms with Gasteiger partial charge in [-0.1, -0.05) is 0 Å². The van der Waals surface area contributed by atoms with Crippen LogP contribution in [-0.4, -0.2) is 37.5 Å². The summed E-state index contributed by atoms with van der Waals surface area (Å²) < 4.78 is 16.9. The number of pyridine rings is 1. The SMILES string of the molecule is COc1cnccc1C(N)C1CCOC2(CCOC2)C1. The Morgan fingerprint density at radius 2 is 2.40 bits per heavy atom. The highest BCUT2D eigenvalue weighted by Gasteiger charge is 2.42. The highest BCUT2D eigenvalue weighted by molar-refractivity contribution is 5.33. The van der Waals surface area contributed by atoms with Crippen molar-refractivity contribution in [3.05, 3.63) is 24.0 Å². The van der Waals surface area contributed by atoms with Gasteiger partial charge in [0, 0.05) is 37.4 Å². The van der Waals surface area contributed by atoms with E-state index in [1.807, 2.05) is 6.07 Å². The molecule has 110 valence electrons. The summed E-state index contributed by atoms with van der Waals surface area (Å²) in [5, 5.41) is 0. The summed E-state index contributed by atoms with van der Waals surface area (Å²) in [6.45, 7) is 2.25. The molecule has 0 saturated carbocycles. The van der Waals surface area contributed by atoms with Crippen molar-refractivity contribution in [1.82, 2.24) is 4.98 Å². The van der Waals surface area contributed by atoms with Crippen LogP contribution in [0.5, 0.6) is 5.75 Å². The van der Waals surface area contributed by atoms with Crippen molar-refractivity contribution in [2.45, 2.75) is 30.9 Å². The Balaban J connectivity index is 1.77. The van der Waals surface area contributed by atoms with Crippen LogP contribution in [0, 0.1) is 5.92 Å². The average Bonchev–Trinajstić information content (AvgIpc) is 2.94. The summed E-state index contributed by atoms with van der Waals surface area (Å²) in [6, 6.07) is 1.91. The Morgan fingerprint density at radius 3 is 3.15 bits per heavy atom. The van der Waals surface area contributed by atoms with Crippen LogP contribution in [0.2, 0.25) is 0 Å². The molecule has 1 aromatic heterocycles. The van der Waals surface area contributed by atoms with E-state index >= 15 is 0 Å². The van der Waals surface area contributed by atoms with Crippen molar-refractivity contribution in [2.75, 3.05) is 26.9 Å². The summed E-state index contributed by atoms with van der Waals surface area (Å²) >= 11 is 0. The number of ether oxygens (including phenoxy) is 3. The minimum Gasteiger partial charge on any atom is -0.495 e. The van der Waals surface area contributed by atoms with Gasteiger partial charge in [-0.25, -0.2) is 0 Å². The van der Waals surface area contributed by atoms with E-state index in [2.05, 4.69) is 4.98 Å². The van der Waals surface area contributed by atoms with Crippen LogP contribution >= 0.6 is 0 Å². The van der Waals surface area contributed by atoms with Crippen molar-refractivity contribution in [1.29, 1.82) is 0 Å². The predicted octanol–water partition coefficient (Wildman–Crippen LogP) is 1.68. The third-order valence-electron chi connectivity index (χ3n) is 4.50. The van der Waals surface area contributed by atoms with Gasteiger partial charge in [0.25, 0.3) is 0 Å². The summed E-state index contributed by atoms with van der Waals surface area (Å²) in [6.07, 6.45) is 6.41. The van der Waals surface area contributed by atoms with Crippen LogP contribution in [0.4, 0.5) is 0 Å². The van der Waals surface area contributed by atoms with Crippen LogP contribution in [-0.2, 0) is 9.47 Å². The second-order valence-corrected chi connectivity index (χ2v) is 5.73. The van der Waals surface area contributed by atoms with Crippen molar-refractivity contribution in [3.8, 4) is 5.75 Å². The maximum Gasteiger partial charge on any atom is 0.141 e. The quantitative estimate of drug-likeness (QED) is 0.911. The standard InChI is InChI=1S/C15H22N2O3/c1-18-13-9-17-5-2-12(13)14(16)11-3-6-20-15(8-11)4-7-19-10-15/h2,5,9,11,14H,3-4,6-8,10,16H2,1H3. The van der Waals surface area contributed by atoms with Gasteiger partial charge in [0.05, 0.1) is 25.5 Å². The molecule has 0 aliphatic carbocycles. The Kier molecular flexibility index (Phi) is 3.92. The third-order valence-corrected chi connectivity index (χ3v) is 4.50. The Labute approximate surface area is 119 Å². The van der Waals surface area contributed by atoms with Gasteiger partial charge in [-0.2, -0.15) is 0 Å². The summed E-state index contributed by atoms with van der Waals surface area (Å²) in [7, 11) is 1.66. The van der Waals surface area contributed by atoms with Gasteiger partial charge in [-0.05, 0) is 24.8 Å². The summed E-state index contributed by atoms with van der Waals surface area (Å²) in [5.74, 6) is 1.16. The molecular weight excluding hydrogens is 256 g/mol. The molecule has 1 aromatic rings. The van der Waals surface area contributed by atoms with Gasteiger partial charge in [-0.3, -0.25) is 4.98 Å². The first-order chi connectivity index (χ1) is 9.74. The van der Waals surface area contributed by atoms with Crippen LogP contribution < -0.4 is 10.5 Å². The highest BCUT2D eigenvalue weighted by Crippen LogP contribution is 2.41. The van der Waals surface area contributed by atoms with Gasteiger partial charge in [0.1, 0.15) is 5.75 Å². The number of nitrogens with zero attached hydrogens (tertiary/aromatic N) is 1. The zero-order valence-corrected chi connectivity index (χ0v) is 11.9. The number of hydrogen-bond acceptors (Lipinski definition) is 5. The highest BCUT2D eigenvalue weighted by atomic mass is 16.6. The fourth-order valence-electron chi connectivity index (χ4n) is 3.33. The maximum absolute atomic E-state index is 6.49. The molecule has 0 aromatic carbocycles. The van der Waals surface area contributed by atoms with E-state index in [-0.39, 0.29) is 11.6 Å². The van der Waals surface area contributed by atoms with Gasteiger partial charge in [0.2, 0.25) is 0 Å². The Bertz CT molecular complexity index is 460. The van der Waals surface area contributed by atoms with Crippen LogP contribution in [0.3, 0.4) is 0 Å². The van der Waals surface area contributed by atoms with Crippen LogP contribution in [0.1, 0.15) is 30.9 Å². The molecule has 2 saturated heterocycles. The molecule has 3 rings (SSSR count). The van der Waals surface area contributed by atoms with Crippen molar-refractivity contribution < 1.29 is 14.2 Å². The predicted molar refractivity (Wildman–Crippen MR) is 74.6 cm³/mol. The van der Waals surface area contributed by atoms with E-state index in [4.69, 9.17) is 19.9 Å². The van der Waals surface area contributed by atoms with Gasteiger partial charge >= 0.3 is 0 Å². The first kappa shape index (κ1) is 13.8. The van der Waals surface area contributed by atoms with Gasteiger partial charge < -0.3 is 19.9 Å². The van der Waals surface area contributed by atoms with Crippen molar-refractivity contribution in [3.63, 3.8) is 0 Å². The topological polar surface area (TPSA) is 66.6 Å². The largest absolute Gasteiger partial charge is 0.495 e. The van der Waals surface area contributed by atoms with Crippen LogP contribution in [0.15, 0.2) is 18.5 Å². The Morgan fingerprint density at radius 1 is 1.50 bits per heavy atom. The summed E-state index contributed by atoms with van der Waals surface area (Å²) in [4.78, 5) is 4.09. The molecule has 5 heteroatoms. The average molecular weight is 278 g/mol. The molecule has 2 aliphatic rings. The molecule has 20 heavy (non-hydrogen) atoms. The number of aromatic nitrogens is 1. The number of methoxy groups -OCH3 is 1. The molecule has 3 heterocycles. The lowest BCUT2D eigenvalue weighted by molar-refractivity contribution is -0.101. The number of nitrogens with two attached hydrogens (primary N) is 1. The molecule has 0 amide bonds. The molecule has 5 nitrogen and oxygen atoms in total. The minimum absolute atomic E-state index is 0.0469. The minimum atomic E-state index is -0.110. The zero-order chi connectivity index (χ0) is 14.0. The van der Waals surface area contributed by atoms with Crippen molar-refractivity contribution >= 4 is 0 Å². The van der Waals surface area contributed by atoms with E-state index in [0.29, 0.717) is 12.5 Å². The molecular formula is C15H22N2O3. The molecule has 0 radical (unpaired) electrons. The monoisotopic (exact) mass is 278 g/mol. The lowest BCUT2D eigenvalue weighted by atomic mass is 9.79. The normalized spacial score (nSPS) is 31.4. The fraction of sp³-hybridized carbons (Fsp3) is 0.667. The second-order valence-electron chi connectivity index (χ2n) is 5.73.